The number of amides is 1. The van der Waals surface area contributed by atoms with E-state index in [2.05, 4.69) is 11.9 Å². The highest BCUT2D eigenvalue weighted by Crippen LogP contribution is 1.94. The third-order valence-corrected chi connectivity index (χ3v) is 1.34. The van der Waals surface area contributed by atoms with E-state index in [1.165, 1.54) is 0 Å². The van der Waals surface area contributed by atoms with Crippen molar-refractivity contribution in [3.8, 4) is 0 Å². The zero-order valence-electron chi connectivity index (χ0n) is 9.28. The molecule has 1 amide bonds. The van der Waals surface area contributed by atoms with Crippen LogP contribution in [0.25, 0.3) is 0 Å². The van der Waals surface area contributed by atoms with Gasteiger partial charge in [0.05, 0.1) is 0 Å². The predicted octanol–water partition coefficient (Wildman–Crippen LogP) is 1.24. The molecule has 0 saturated heterocycles. The summed E-state index contributed by atoms with van der Waals surface area (Å²) in [5, 5.41) is 2.55. The number of hydrogen-bond acceptors (Lipinski definition) is 4. The van der Waals surface area contributed by atoms with Crippen LogP contribution >= 0.6 is 0 Å². The second kappa shape index (κ2) is 6.86. The number of carbonyl (C=O) groups is 2. The van der Waals surface area contributed by atoms with Gasteiger partial charge in [-0.1, -0.05) is 6.58 Å². The highest BCUT2D eigenvalue weighted by molar-refractivity contribution is 5.81. The van der Waals surface area contributed by atoms with Crippen LogP contribution in [0.4, 0.5) is 4.79 Å². The lowest BCUT2D eigenvalue weighted by Gasteiger charge is -2.14. The Morgan fingerprint density at radius 3 is 2.47 bits per heavy atom. The lowest BCUT2D eigenvalue weighted by molar-refractivity contribution is -0.140. The minimum absolute atomic E-state index is 0.0143. The van der Waals surface area contributed by atoms with E-state index in [1.54, 1.807) is 6.92 Å². The Kier molecular flexibility index (Phi) is 6.17. The summed E-state index contributed by atoms with van der Waals surface area (Å²) in [7, 11) is 0. The summed E-state index contributed by atoms with van der Waals surface area (Å²) in [4.78, 5) is 21.8. The molecule has 0 bridgehead atoms. The first-order valence-electron chi connectivity index (χ1n) is 4.72. The number of ether oxygens (including phenoxy) is 2. The molecule has 0 aromatic rings. The van der Waals surface area contributed by atoms with Crippen molar-refractivity contribution in [3.63, 3.8) is 0 Å². The van der Waals surface area contributed by atoms with Gasteiger partial charge in [0.1, 0.15) is 12.7 Å². The van der Waals surface area contributed by atoms with E-state index in [9.17, 15) is 9.59 Å². The van der Waals surface area contributed by atoms with Crippen LogP contribution in [-0.4, -0.2) is 30.8 Å². The number of esters is 1. The molecule has 5 nitrogen and oxygen atoms in total. The Bertz CT molecular complexity index is 238. The highest BCUT2D eigenvalue weighted by Gasteiger charge is 2.11. The van der Waals surface area contributed by atoms with E-state index < -0.39 is 18.2 Å². The smallest absolute Gasteiger partial charge is 0.407 e. The molecule has 0 aliphatic heterocycles. The second-order valence-electron chi connectivity index (χ2n) is 3.35. The summed E-state index contributed by atoms with van der Waals surface area (Å²) in [6.45, 7) is 8.55. The maximum absolute atomic E-state index is 11.1. The monoisotopic (exact) mass is 215 g/mol. The fourth-order valence-electron chi connectivity index (χ4n) is 0.745. The first kappa shape index (κ1) is 13.5. The highest BCUT2D eigenvalue weighted by atomic mass is 16.6. The molecular formula is C10H17NO4. The summed E-state index contributed by atoms with van der Waals surface area (Å²) >= 11 is 0. The van der Waals surface area contributed by atoms with Crippen molar-refractivity contribution in [1.82, 2.24) is 5.32 Å². The van der Waals surface area contributed by atoms with Crippen molar-refractivity contribution in [3.05, 3.63) is 12.7 Å². The molecule has 5 heteroatoms. The molecule has 0 rings (SSSR count). The van der Waals surface area contributed by atoms with E-state index in [4.69, 9.17) is 9.47 Å². The Morgan fingerprint density at radius 2 is 2.00 bits per heavy atom. The lowest BCUT2D eigenvalue weighted by Crippen LogP contribution is -2.34. The minimum atomic E-state index is -0.533. The Labute approximate surface area is 89.4 Å². The maximum atomic E-state index is 11.1. The summed E-state index contributed by atoms with van der Waals surface area (Å²) in [6, 6.07) is 0.0143. The van der Waals surface area contributed by atoms with E-state index in [-0.39, 0.29) is 12.6 Å². The largest absolute Gasteiger partial charge is 0.459 e. The molecule has 0 radical (unpaired) electrons. The van der Waals surface area contributed by atoms with Gasteiger partial charge in [-0.15, -0.1) is 0 Å². The lowest BCUT2D eigenvalue weighted by atomic mass is 10.4. The summed E-state index contributed by atoms with van der Waals surface area (Å²) < 4.78 is 9.59. The van der Waals surface area contributed by atoms with Crippen LogP contribution in [0.3, 0.4) is 0 Å². The van der Waals surface area contributed by atoms with Crippen LogP contribution in [0.1, 0.15) is 20.8 Å². The van der Waals surface area contributed by atoms with Crippen LogP contribution in [0.15, 0.2) is 12.7 Å². The number of hydrogen-bond donors (Lipinski definition) is 1. The van der Waals surface area contributed by atoms with E-state index in [0.717, 1.165) is 6.08 Å². The quantitative estimate of drug-likeness (QED) is 0.553. The number of rotatable bonds is 5. The molecule has 1 atom stereocenters. The van der Waals surface area contributed by atoms with Gasteiger partial charge in [-0.25, -0.2) is 9.59 Å². The molecule has 86 valence electrons. The van der Waals surface area contributed by atoms with Crippen molar-refractivity contribution in [1.29, 1.82) is 0 Å². The minimum Gasteiger partial charge on any atom is -0.459 e. The van der Waals surface area contributed by atoms with Crippen molar-refractivity contribution >= 4 is 12.1 Å². The molecule has 1 unspecified atom stereocenters. The first-order valence-corrected chi connectivity index (χ1v) is 4.72. The summed E-state index contributed by atoms with van der Waals surface area (Å²) in [5.74, 6) is -0.533. The topological polar surface area (TPSA) is 64.6 Å². The SMILES string of the molecule is C=CC(=O)OCC(C)OC(=O)NC(C)C. The van der Waals surface area contributed by atoms with Crippen LogP contribution in [0.5, 0.6) is 0 Å². The van der Waals surface area contributed by atoms with Crippen LogP contribution < -0.4 is 5.32 Å². The van der Waals surface area contributed by atoms with Crippen molar-refractivity contribution in [2.75, 3.05) is 6.61 Å². The fourth-order valence-corrected chi connectivity index (χ4v) is 0.745. The zero-order chi connectivity index (χ0) is 11.8. The molecule has 0 aliphatic carbocycles. The van der Waals surface area contributed by atoms with Gasteiger partial charge in [-0.2, -0.15) is 0 Å². The Hall–Kier alpha value is -1.52. The number of nitrogens with one attached hydrogen (secondary N) is 1. The van der Waals surface area contributed by atoms with Gasteiger partial charge >= 0.3 is 12.1 Å². The van der Waals surface area contributed by atoms with E-state index >= 15 is 0 Å². The summed E-state index contributed by atoms with van der Waals surface area (Å²) in [5.41, 5.74) is 0. The average Bonchev–Trinajstić information content (AvgIpc) is 2.12. The van der Waals surface area contributed by atoms with E-state index in [1.807, 2.05) is 13.8 Å². The van der Waals surface area contributed by atoms with Gasteiger partial charge in [-0.3, -0.25) is 0 Å². The molecule has 0 spiro atoms. The standard InChI is InChI=1S/C10H17NO4/c1-5-9(12)14-6-8(4)15-10(13)11-7(2)3/h5,7-8H,1,6H2,2-4H3,(H,11,13). The molecule has 0 aliphatic rings. The first-order chi connectivity index (χ1) is 6.95. The van der Waals surface area contributed by atoms with E-state index in [0.29, 0.717) is 0 Å². The van der Waals surface area contributed by atoms with Gasteiger partial charge in [-0.05, 0) is 20.8 Å². The number of alkyl carbamates (subject to hydrolysis) is 1. The van der Waals surface area contributed by atoms with Gasteiger partial charge in [0.2, 0.25) is 0 Å². The average molecular weight is 215 g/mol. The molecule has 1 N–H and O–H groups in total. The molecular weight excluding hydrogens is 198 g/mol. The van der Waals surface area contributed by atoms with Crippen molar-refractivity contribution < 1.29 is 19.1 Å². The molecule has 0 saturated carbocycles. The van der Waals surface area contributed by atoms with Crippen LogP contribution in [0.2, 0.25) is 0 Å². The molecule has 0 aromatic carbocycles. The fraction of sp³-hybridized carbons (Fsp3) is 0.600. The summed E-state index contributed by atoms with van der Waals surface area (Å²) in [6.07, 6.45) is 0.0563. The second-order valence-corrected chi connectivity index (χ2v) is 3.35. The zero-order valence-corrected chi connectivity index (χ0v) is 9.28. The Balaban J connectivity index is 3.73. The Morgan fingerprint density at radius 1 is 1.40 bits per heavy atom. The van der Waals surface area contributed by atoms with Crippen molar-refractivity contribution in [2.24, 2.45) is 0 Å². The predicted molar refractivity (Wildman–Crippen MR) is 55.4 cm³/mol. The van der Waals surface area contributed by atoms with Gasteiger partial charge in [0, 0.05) is 12.1 Å². The molecule has 15 heavy (non-hydrogen) atoms. The van der Waals surface area contributed by atoms with Gasteiger partial charge in [0.15, 0.2) is 0 Å². The third kappa shape index (κ3) is 7.54. The van der Waals surface area contributed by atoms with Crippen LogP contribution in [-0.2, 0) is 14.3 Å². The van der Waals surface area contributed by atoms with Gasteiger partial charge < -0.3 is 14.8 Å². The normalized spacial score (nSPS) is 11.7. The van der Waals surface area contributed by atoms with Crippen LogP contribution in [0, 0.1) is 0 Å². The maximum Gasteiger partial charge on any atom is 0.407 e. The third-order valence-electron chi connectivity index (χ3n) is 1.34. The number of carbonyl (C=O) groups excluding carboxylic acids is 2. The molecule has 0 fully saturated rings. The molecule has 0 heterocycles. The van der Waals surface area contributed by atoms with Gasteiger partial charge in [0.25, 0.3) is 0 Å². The van der Waals surface area contributed by atoms with Crippen molar-refractivity contribution in [2.45, 2.75) is 32.9 Å². The molecule has 0 aromatic heterocycles.